The van der Waals surface area contributed by atoms with Crippen molar-refractivity contribution in [2.45, 2.75) is 84.0 Å². The minimum Gasteiger partial charge on any atom is -0.465 e. The molecule has 1 heterocycles. The maximum absolute atomic E-state index is 12.8. The Morgan fingerprint density at radius 2 is 2.00 bits per heavy atom. The molecule has 4 rings (SSSR count). The SMILES string of the molecule is CCOC(=O)[C@@H]1C(=O)CC[C@]2(C)c3ccc(C(C)C)c4c3[C@H](C[C@@H]12)OC(C)(C)O4. The van der Waals surface area contributed by atoms with Crippen molar-refractivity contribution in [1.82, 2.24) is 0 Å². The maximum atomic E-state index is 12.8. The standard InChI is InChI=1S/C24H32O5/c1-7-27-22(26)19-16-12-18-20-15(24(16,6)11-10-17(19)25)9-8-14(13(2)3)21(20)29-23(4,5)28-18/h8-9,13,16,18-19H,7,10-12H2,1-6H3/t16-,18-,19-,24+/m0/s1. The van der Waals surface area contributed by atoms with E-state index in [2.05, 4.69) is 32.9 Å². The molecule has 1 fully saturated rings. The first kappa shape index (κ1) is 20.4. The monoisotopic (exact) mass is 400 g/mol. The summed E-state index contributed by atoms with van der Waals surface area (Å²) in [5.41, 5.74) is 3.18. The molecule has 0 amide bonds. The van der Waals surface area contributed by atoms with Crippen LogP contribution in [0.25, 0.3) is 0 Å². The summed E-state index contributed by atoms with van der Waals surface area (Å²) in [6.07, 6.45) is 1.56. The number of fused-ring (bicyclic) bond motifs is 2. The topological polar surface area (TPSA) is 61.8 Å². The van der Waals surface area contributed by atoms with Gasteiger partial charge in [0.05, 0.1) is 12.7 Å². The van der Waals surface area contributed by atoms with E-state index >= 15 is 0 Å². The van der Waals surface area contributed by atoms with Gasteiger partial charge in [-0.25, -0.2) is 0 Å². The van der Waals surface area contributed by atoms with Crippen molar-refractivity contribution in [2.75, 3.05) is 6.61 Å². The second-order valence-corrected chi connectivity index (χ2v) is 9.66. The van der Waals surface area contributed by atoms with Crippen molar-refractivity contribution in [1.29, 1.82) is 0 Å². The number of carbonyl (C=O) groups excluding carboxylic acids is 2. The van der Waals surface area contributed by atoms with Gasteiger partial charge in [0.25, 0.3) is 0 Å². The fraction of sp³-hybridized carbons (Fsp3) is 0.667. The van der Waals surface area contributed by atoms with E-state index in [-0.39, 0.29) is 35.8 Å². The van der Waals surface area contributed by atoms with Crippen LogP contribution in [0.2, 0.25) is 0 Å². The second kappa shape index (κ2) is 6.83. The van der Waals surface area contributed by atoms with E-state index < -0.39 is 11.7 Å². The first-order chi connectivity index (χ1) is 13.6. The zero-order valence-electron chi connectivity index (χ0n) is 18.3. The van der Waals surface area contributed by atoms with Crippen LogP contribution in [0.3, 0.4) is 0 Å². The first-order valence-electron chi connectivity index (χ1n) is 10.8. The normalized spacial score (nSPS) is 32.2. The van der Waals surface area contributed by atoms with Gasteiger partial charge in [-0.15, -0.1) is 0 Å². The summed E-state index contributed by atoms with van der Waals surface area (Å²) >= 11 is 0. The molecule has 1 aliphatic heterocycles. The highest BCUT2D eigenvalue weighted by Gasteiger charge is 2.57. The molecule has 29 heavy (non-hydrogen) atoms. The first-order valence-corrected chi connectivity index (χ1v) is 10.8. The zero-order chi connectivity index (χ0) is 21.1. The van der Waals surface area contributed by atoms with Gasteiger partial charge >= 0.3 is 5.97 Å². The summed E-state index contributed by atoms with van der Waals surface area (Å²) in [5, 5.41) is 0. The molecule has 0 bridgehead atoms. The van der Waals surface area contributed by atoms with Crippen molar-refractivity contribution in [3.05, 3.63) is 28.8 Å². The van der Waals surface area contributed by atoms with E-state index in [1.165, 1.54) is 5.56 Å². The Kier molecular flexibility index (Phi) is 4.80. The smallest absolute Gasteiger partial charge is 0.316 e. The number of hydrogen-bond acceptors (Lipinski definition) is 5. The third-order valence-corrected chi connectivity index (χ3v) is 7.03. The highest BCUT2D eigenvalue weighted by atomic mass is 16.7. The molecule has 0 saturated heterocycles. The average Bonchev–Trinajstić information content (AvgIpc) is 2.62. The molecule has 0 radical (unpaired) electrons. The number of Topliss-reactive ketones (excluding diaryl/α,β-unsaturated/α-hetero) is 1. The lowest BCUT2D eigenvalue weighted by atomic mass is 9.53. The number of ketones is 1. The number of hydrogen-bond donors (Lipinski definition) is 0. The van der Waals surface area contributed by atoms with E-state index in [1.54, 1.807) is 6.92 Å². The van der Waals surface area contributed by atoms with Crippen LogP contribution in [0.5, 0.6) is 5.75 Å². The molecule has 0 spiro atoms. The lowest BCUT2D eigenvalue weighted by molar-refractivity contribution is -0.218. The Bertz CT molecular complexity index is 855. The molecule has 0 N–H and O–H groups in total. The van der Waals surface area contributed by atoms with Crippen molar-refractivity contribution in [3.8, 4) is 5.75 Å². The second-order valence-electron chi connectivity index (χ2n) is 9.66. The Labute approximate surface area is 173 Å². The molecule has 0 unspecified atom stereocenters. The van der Waals surface area contributed by atoms with Gasteiger partial charge in [0, 0.05) is 25.8 Å². The summed E-state index contributed by atoms with van der Waals surface area (Å²) in [7, 11) is 0. The Hall–Kier alpha value is -1.88. The van der Waals surface area contributed by atoms with Crippen LogP contribution in [-0.4, -0.2) is 24.1 Å². The van der Waals surface area contributed by atoms with Gasteiger partial charge in [0.1, 0.15) is 17.5 Å². The third kappa shape index (κ3) is 3.09. The summed E-state index contributed by atoms with van der Waals surface area (Å²) in [5.74, 6) is -0.733. The van der Waals surface area contributed by atoms with Crippen LogP contribution in [-0.2, 0) is 24.5 Å². The molecule has 5 nitrogen and oxygen atoms in total. The van der Waals surface area contributed by atoms with E-state index in [4.69, 9.17) is 14.2 Å². The van der Waals surface area contributed by atoms with Gasteiger partial charge < -0.3 is 14.2 Å². The Morgan fingerprint density at radius 3 is 2.66 bits per heavy atom. The number of rotatable bonds is 3. The highest BCUT2D eigenvalue weighted by Crippen LogP contribution is 2.59. The fourth-order valence-corrected chi connectivity index (χ4v) is 5.64. The van der Waals surface area contributed by atoms with Gasteiger partial charge in [-0.1, -0.05) is 32.9 Å². The average molecular weight is 401 g/mol. The molecular formula is C24H32O5. The van der Waals surface area contributed by atoms with Crippen molar-refractivity contribution in [2.24, 2.45) is 11.8 Å². The van der Waals surface area contributed by atoms with E-state index in [0.717, 1.165) is 23.3 Å². The Balaban J connectivity index is 1.89. The minimum absolute atomic E-state index is 0.000260. The van der Waals surface area contributed by atoms with Crippen LogP contribution in [0.15, 0.2) is 12.1 Å². The number of ether oxygens (including phenoxy) is 3. The molecule has 0 aromatic heterocycles. The summed E-state index contributed by atoms with van der Waals surface area (Å²) in [4.78, 5) is 25.6. The summed E-state index contributed by atoms with van der Waals surface area (Å²) in [6, 6.07) is 4.33. The largest absolute Gasteiger partial charge is 0.465 e. The lowest BCUT2D eigenvalue weighted by Gasteiger charge is -2.53. The molecule has 1 aromatic carbocycles. The summed E-state index contributed by atoms with van der Waals surface area (Å²) in [6.45, 7) is 12.4. The molecule has 1 aromatic rings. The predicted octanol–water partition coefficient (Wildman–Crippen LogP) is 4.82. The minimum atomic E-state index is -0.758. The lowest BCUT2D eigenvalue weighted by Crippen LogP contribution is -2.53. The predicted molar refractivity (Wildman–Crippen MR) is 109 cm³/mol. The van der Waals surface area contributed by atoms with Gasteiger partial charge in [-0.2, -0.15) is 0 Å². The fourth-order valence-electron chi connectivity index (χ4n) is 5.64. The van der Waals surface area contributed by atoms with Crippen molar-refractivity contribution >= 4 is 11.8 Å². The van der Waals surface area contributed by atoms with Gasteiger partial charge in [-0.3, -0.25) is 9.59 Å². The van der Waals surface area contributed by atoms with Crippen LogP contribution in [0.1, 0.15) is 89.5 Å². The molecule has 3 aliphatic rings. The van der Waals surface area contributed by atoms with E-state index in [0.29, 0.717) is 18.8 Å². The van der Waals surface area contributed by atoms with Crippen LogP contribution in [0.4, 0.5) is 0 Å². The third-order valence-electron chi connectivity index (χ3n) is 7.03. The summed E-state index contributed by atoms with van der Waals surface area (Å²) < 4.78 is 18.0. The molecular weight excluding hydrogens is 368 g/mol. The highest BCUT2D eigenvalue weighted by molar-refractivity contribution is 6.00. The zero-order valence-corrected chi connectivity index (χ0v) is 18.3. The quantitative estimate of drug-likeness (QED) is 0.538. The van der Waals surface area contributed by atoms with Crippen molar-refractivity contribution in [3.63, 3.8) is 0 Å². The Morgan fingerprint density at radius 1 is 1.28 bits per heavy atom. The van der Waals surface area contributed by atoms with Gasteiger partial charge in [0.2, 0.25) is 5.79 Å². The molecule has 4 atom stereocenters. The van der Waals surface area contributed by atoms with E-state index in [1.807, 2.05) is 13.8 Å². The number of esters is 1. The number of benzene rings is 1. The van der Waals surface area contributed by atoms with Gasteiger partial charge in [-0.05, 0) is 48.1 Å². The van der Waals surface area contributed by atoms with Crippen LogP contribution >= 0.6 is 0 Å². The molecule has 1 saturated carbocycles. The van der Waals surface area contributed by atoms with Crippen LogP contribution < -0.4 is 4.74 Å². The molecule has 158 valence electrons. The maximum Gasteiger partial charge on any atom is 0.316 e. The van der Waals surface area contributed by atoms with E-state index in [9.17, 15) is 9.59 Å². The van der Waals surface area contributed by atoms with Crippen molar-refractivity contribution < 1.29 is 23.8 Å². The van der Waals surface area contributed by atoms with Crippen LogP contribution in [0, 0.1) is 11.8 Å². The van der Waals surface area contributed by atoms with Gasteiger partial charge in [0.15, 0.2) is 0 Å². The molecule has 5 heteroatoms. The number of carbonyl (C=O) groups is 2. The molecule has 2 aliphatic carbocycles.